The fourth-order valence-corrected chi connectivity index (χ4v) is 1.50. The molecule has 14 heavy (non-hydrogen) atoms. The van der Waals surface area contributed by atoms with Crippen LogP contribution in [-0.4, -0.2) is 18.1 Å². The maximum Gasteiger partial charge on any atom is 0.331 e. The smallest absolute Gasteiger partial charge is 0.331 e. The van der Waals surface area contributed by atoms with Crippen molar-refractivity contribution in [2.45, 2.75) is 13.0 Å². The number of nitrogens with zero attached hydrogens (tertiary/aromatic N) is 1. The van der Waals surface area contributed by atoms with Crippen LogP contribution in [-0.2, 0) is 9.53 Å². The zero-order chi connectivity index (χ0) is 10.4. The van der Waals surface area contributed by atoms with Crippen LogP contribution in [0.4, 0.5) is 0 Å². The maximum absolute atomic E-state index is 10.7. The molecule has 0 saturated carbocycles. The lowest BCUT2D eigenvalue weighted by Gasteiger charge is -2.06. The number of hydrogen-bond donors (Lipinski definition) is 1. The number of carbonyl (C=O) groups excluding carboxylic acids is 1. The van der Waals surface area contributed by atoms with Crippen molar-refractivity contribution in [1.82, 2.24) is 10.3 Å². The number of hydrogen-bond acceptors (Lipinski definition) is 5. The van der Waals surface area contributed by atoms with Gasteiger partial charge in [-0.05, 0) is 6.92 Å². The van der Waals surface area contributed by atoms with E-state index >= 15 is 0 Å². The molecule has 4 nitrogen and oxygen atoms in total. The van der Waals surface area contributed by atoms with E-state index in [4.69, 9.17) is 0 Å². The van der Waals surface area contributed by atoms with E-state index in [-0.39, 0.29) is 12.0 Å². The average molecular weight is 212 g/mol. The number of ether oxygens (including phenoxy) is 1. The van der Waals surface area contributed by atoms with Gasteiger partial charge in [0, 0.05) is 23.9 Å². The molecule has 0 saturated heterocycles. The Morgan fingerprint density at radius 2 is 2.57 bits per heavy atom. The van der Waals surface area contributed by atoms with E-state index in [9.17, 15) is 4.79 Å². The highest BCUT2D eigenvalue weighted by molar-refractivity contribution is 7.09. The third kappa shape index (κ3) is 3.18. The summed E-state index contributed by atoms with van der Waals surface area (Å²) in [6, 6.07) is 0.107. The summed E-state index contributed by atoms with van der Waals surface area (Å²) in [7, 11) is 1.34. The van der Waals surface area contributed by atoms with E-state index in [1.165, 1.54) is 13.2 Å². The highest BCUT2D eigenvalue weighted by Crippen LogP contribution is 2.14. The van der Waals surface area contributed by atoms with E-state index in [2.05, 4.69) is 15.0 Å². The number of esters is 1. The minimum Gasteiger partial charge on any atom is -0.466 e. The number of methoxy groups -OCH3 is 1. The SMILES string of the molecule is COC(=O)/C=C/NC(C)c1nccs1. The Hall–Kier alpha value is -1.36. The van der Waals surface area contributed by atoms with Crippen molar-refractivity contribution in [2.24, 2.45) is 0 Å². The van der Waals surface area contributed by atoms with Gasteiger partial charge in [0.25, 0.3) is 0 Å². The Kier molecular flexibility index (Phi) is 4.12. The molecule has 0 bridgehead atoms. The molecular formula is C9H12N2O2S. The first kappa shape index (κ1) is 10.7. The fraction of sp³-hybridized carbons (Fsp3) is 0.333. The first-order chi connectivity index (χ1) is 6.74. The van der Waals surface area contributed by atoms with E-state index in [0.717, 1.165) is 5.01 Å². The third-order valence-electron chi connectivity index (χ3n) is 1.59. The molecule has 1 unspecified atom stereocenters. The molecule has 1 atom stereocenters. The first-order valence-corrected chi connectivity index (χ1v) is 5.02. The molecule has 0 aliphatic carbocycles. The van der Waals surface area contributed by atoms with Gasteiger partial charge in [0.2, 0.25) is 0 Å². The summed E-state index contributed by atoms with van der Waals surface area (Å²) in [6.45, 7) is 1.97. The average Bonchev–Trinajstić information content (AvgIpc) is 2.70. The van der Waals surface area contributed by atoms with Gasteiger partial charge in [-0.1, -0.05) is 0 Å². The van der Waals surface area contributed by atoms with Crippen molar-refractivity contribution in [1.29, 1.82) is 0 Å². The Morgan fingerprint density at radius 1 is 1.79 bits per heavy atom. The second kappa shape index (κ2) is 5.39. The van der Waals surface area contributed by atoms with Crippen LogP contribution in [0.3, 0.4) is 0 Å². The summed E-state index contributed by atoms with van der Waals surface area (Å²) in [5.41, 5.74) is 0. The topological polar surface area (TPSA) is 51.2 Å². The summed E-state index contributed by atoms with van der Waals surface area (Å²) < 4.78 is 4.44. The second-order valence-corrected chi connectivity index (χ2v) is 3.54. The quantitative estimate of drug-likeness (QED) is 0.606. The Bertz CT molecular complexity index is 309. The molecular weight excluding hydrogens is 200 g/mol. The maximum atomic E-state index is 10.7. The number of aromatic nitrogens is 1. The van der Waals surface area contributed by atoms with E-state index < -0.39 is 0 Å². The fourth-order valence-electron chi connectivity index (χ4n) is 0.848. The monoisotopic (exact) mass is 212 g/mol. The number of thiazole rings is 1. The van der Waals surface area contributed by atoms with Crippen molar-refractivity contribution in [3.05, 3.63) is 28.9 Å². The lowest BCUT2D eigenvalue weighted by Crippen LogP contribution is -2.12. The summed E-state index contributed by atoms with van der Waals surface area (Å²) in [5, 5.41) is 5.92. The molecule has 1 heterocycles. The van der Waals surface area contributed by atoms with E-state index in [0.29, 0.717) is 0 Å². The van der Waals surface area contributed by atoms with Crippen LogP contribution in [0.15, 0.2) is 23.9 Å². The molecule has 0 radical (unpaired) electrons. The van der Waals surface area contributed by atoms with Crippen molar-refractivity contribution in [3.8, 4) is 0 Å². The number of carbonyl (C=O) groups is 1. The second-order valence-electron chi connectivity index (χ2n) is 2.62. The van der Waals surface area contributed by atoms with Gasteiger partial charge in [-0.25, -0.2) is 9.78 Å². The van der Waals surface area contributed by atoms with Crippen LogP contribution in [0.25, 0.3) is 0 Å². The molecule has 1 N–H and O–H groups in total. The highest BCUT2D eigenvalue weighted by Gasteiger charge is 2.04. The molecule has 76 valence electrons. The van der Waals surface area contributed by atoms with Gasteiger partial charge >= 0.3 is 5.97 Å². The molecule has 1 aromatic rings. The third-order valence-corrected chi connectivity index (χ3v) is 2.55. The predicted octanol–water partition coefficient (Wildman–Crippen LogP) is 1.48. The van der Waals surface area contributed by atoms with Crippen molar-refractivity contribution in [3.63, 3.8) is 0 Å². The summed E-state index contributed by atoms with van der Waals surface area (Å²) in [4.78, 5) is 14.9. The van der Waals surface area contributed by atoms with Crippen LogP contribution >= 0.6 is 11.3 Å². The molecule has 1 aromatic heterocycles. The van der Waals surface area contributed by atoms with Crippen molar-refractivity contribution < 1.29 is 9.53 Å². The van der Waals surface area contributed by atoms with Crippen LogP contribution in [0.5, 0.6) is 0 Å². The minimum atomic E-state index is -0.371. The zero-order valence-corrected chi connectivity index (χ0v) is 8.88. The molecule has 0 fully saturated rings. The van der Waals surface area contributed by atoms with Crippen molar-refractivity contribution in [2.75, 3.05) is 7.11 Å². The van der Waals surface area contributed by atoms with Crippen molar-refractivity contribution >= 4 is 17.3 Å². The largest absolute Gasteiger partial charge is 0.466 e. The Labute approximate surface area is 86.6 Å². The molecule has 1 rings (SSSR count). The summed E-state index contributed by atoms with van der Waals surface area (Å²) in [5.74, 6) is -0.371. The highest BCUT2D eigenvalue weighted by atomic mass is 32.1. The molecule has 5 heteroatoms. The van der Waals surface area contributed by atoms with Gasteiger partial charge in [-0.2, -0.15) is 0 Å². The van der Waals surface area contributed by atoms with Gasteiger partial charge in [0.1, 0.15) is 5.01 Å². The van der Waals surface area contributed by atoms with Crippen LogP contribution in [0.2, 0.25) is 0 Å². The molecule has 0 spiro atoms. The Balaban J connectivity index is 2.39. The first-order valence-electron chi connectivity index (χ1n) is 4.14. The lowest BCUT2D eigenvalue weighted by molar-refractivity contribution is -0.134. The van der Waals surface area contributed by atoms with E-state index in [1.807, 2.05) is 12.3 Å². The van der Waals surface area contributed by atoms with Crippen LogP contribution in [0.1, 0.15) is 18.0 Å². The number of rotatable bonds is 4. The Morgan fingerprint density at radius 3 is 3.14 bits per heavy atom. The van der Waals surface area contributed by atoms with Gasteiger partial charge in [0.05, 0.1) is 13.2 Å². The summed E-state index contributed by atoms with van der Waals surface area (Å²) >= 11 is 1.57. The van der Waals surface area contributed by atoms with Crippen LogP contribution < -0.4 is 5.32 Å². The standard InChI is InChI=1S/C9H12N2O2S/c1-7(9-11-5-6-14-9)10-4-3-8(12)13-2/h3-7,10H,1-2H3/b4-3+. The van der Waals surface area contributed by atoms with Gasteiger partial charge in [-0.3, -0.25) is 0 Å². The van der Waals surface area contributed by atoms with Gasteiger partial charge in [-0.15, -0.1) is 11.3 Å². The molecule has 0 amide bonds. The zero-order valence-electron chi connectivity index (χ0n) is 8.06. The lowest BCUT2D eigenvalue weighted by atomic mass is 10.3. The molecule has 0 aromatic carbocycles. The number of nitrogens with one attached hydrogen (secondary N) is 1. The minimum absolute atomic E-state index is 0.107. The van der Waals surface area contributed by atoms with Gasteiger partial charge < -0.3 is 10.1 Å². The van der Waals surface area contributed by atoms with Gasteiger partial charge in [0.15, 0.2) is 0 Å². The van der Waals surface area contributed by atoms with E-state index in [1.54, 1.807) is 23.7 Å². The van der Waals surface area contributed by atoms with Crippen LogP contribution in [0, 0.1) is 0 Å². The summed E-state index contributed by atoms with van der Waals surface area (Å²) in [6.07, 6.45) is 4.66. The molecule has 0 aliphatic heterocycles. The normalized spacial score (nSPS) is 12.7. The molecule has 0 aliphatic rings. The predicted molar refractivity (Wildman–Crippen MR) is 54.8 cm³/mol.